The average Bonchev–Trinajstić information content (AvgIpc) is 2.63. The highest BCUT2D eigenvalue weighted by Crippen LogP contribution is 2.21. The SMILES string of the molecule is NC(N)=NCCCCCC(=O)Nc1cc(C(=O)NCCC(=O)O)cc([N+](=O)[O-])c1. The normalized spacial score (nSPS) is 10.1. The lowest BCUT2D eigenvalue weighted by atomic mass is 10.1. The molecular weight excluding hydrogens is 384 g/mol. The summed E-state index contributed by atoms with van der Waals surface area (Å²) in [5, 5.41) is 24.6. The maximum absolute atomic E-state index is 12.1. The number of nitro benzene ring substituents is 1. The van der Waals surface area contributed by atoms with E-state index in [9.17, 15) is 24.5 Å². The Morgan fingerprint density at radius 3 is 2.45 bits per heavy atom. The highest BCUT2D eigenvalue weighted by molar-refractivity contribution is 5.98. The molecule has 0 spiro atoms. The minimum absolute atomic E-state index is 0.0104. The number of anilines is 1. The molecule has 0 radical (unpaired) electrons. The van der Waals surface area contributed by atoms with Crippen molar-refractivity contribution in [2.24, 2.45) is 16.5 Å². The molecule has 0 bridgehead atoms. The van der Waals surface area contributed by atoms with Gasteiger partial charge in [-0.25, -0.2) is 0 Å². The number of benzene rings is 1. The zero-order chi connectivity index (χ0) is 21.8. The molecular formula is C17H24N6O6. The molecule has 0 fully saturated rings. The molecule has 0 heterocycles. The Morgan fingerprint density at radius 2 is 1.83 bits per heavy atom. The topological polar surface area (TPSA) is 203 Å². The lowest BCUT2D eigenvalue weighted by molar-refractivity contribution is -0.384. The lowest BCUT2D eigenvalue weighted by Gasteiger charge is -2.08. The summed E-state index contributed by atoms with van der Waals surface area (Å²) in [6, 6.07) is 3.49. The Labute approximate surface area is 166 Å². The number of hydrogen-bond donors (Lipinski definition) is 5. The number of non-ortho nitro benzene ring substituents is 1. The van der Waals surface area contributed by atoms with Crippen LogP contribution in [0.15, 0.2) is 23.2 Å². The number of rotatable bonds is 12. The van der Waals surface area contributed by atoms with Gasteiger partial charge in [0, 0.05) is 42.9 Å². The number of carbonyl (C=O) groups is 3. The summed E-state index contributed by atoms with van der Waals surface area (Å²) in [5.41, 5.74) is 10.1. The van der Waals surface area contributed by atoms with Crippen molar-refractivity contribution in [2.45, 2.75) is 32.1 Å². The molecule has 0 atom stereocenters. The molecule has 0 aliphatic carbocycles. The van der Waals surface area contributed by atoms with Crippen LogP contribution in [0.3, 0.4) is 0 Å². The van der Waals surface area contributed by atoms with E-state index in [1.165, 1.54) is 6.07 Å². The smallest absolute Gasteiger partial charge is 0.305 e. The molecule has 7 N–H and O–H groups in total. The van der Waals surface area contributed by atoms with E-state index in [1.54, 1.807) is 0 Å². The quantitative estimate of drug-likeness (QED) is 0.108. The van der Waals surface area contributed by atoms with E-state index >= 15 is 0 Å². The van der Waals surface area contributed by atoms with Gasteiger partial charge in [-0.2, -0.15) is 0 Å². The summed E-state index contributed by atoms with van der Waals surface area (Å²) in [4.78, 5) is 48.9. The first-order valence-corrected chi connectivity index (χ1v) is 8.83. The lowest BCUT2D eigenvalue weighted by Crippen LogP contribution is -2.26. The van der Waals surface area contributed by atoms with E-state index in [-0.39, 0.29) is 48.2 Å². The van der Waals surface area contributed by atoms with Crippen molar-refractivity contribution in [3.8, 4) is 0 Å². The van der Waals surface area contributed by atoms with Gasteiger partial charge >= 0.3 is 5.97 Å². The summed E-state index contributed by atoms with van der Waals surface area (Å²) in [7, 11) is 0. The Kier molecular flexibility index (Phi) is 9.57. The number of carboxylic acid groups (broad SMARTS) is 1. The van der Waals surface area contributed by atoms with Gasteiger partial charge in [-0.3, -0.25) is 29.5 Å². The van der Waals surface area contributed by atoms with Gasteiger partial charge in [0.2, 0.25) is 5.91 Å². The summed E-state index contributed by atoms with van der Waals surface area (Å²) < 4.78 is 0. The summed E-state index contributed by atoms with van der Waals surface area (Å²) >= 11 is 0. The third kappa shape index (κ3) is 9.70. The number of nitro groups is 1. The summed E-state index contributed by atoms with van der Waals surface area (Å²) in [6.07, 6.45) is 1.90. The molecule has 0 aliphatic rings. The molecule has 12 nitrogen and oxygen atoms in total. The van der Waals surface area contributed by atoms with Gasteiger partial charge in [0.1, 0.15) is 0 Å². The second-order valence-corrected chi connectivity index (χ2v) is 6.09. The second kappa shape index (κ2) is 11.9. The molecule has 29 heavy (non-hydrogen) atoms. The van der Waals surface area contributed by atoms with Crippen LogP contribution in [0.1, 0.15) is 42.5 Å². The molecule has 2 amide bonds. The molecule has 0 aromatic heterocycles. The van der Waals surface area contributed by atoms with Crippen molar-refractivity contribution >= 4 is 35.1 Å². The van der Waals surface area contributed by atoms with Crippen LogP contribution in [0, 0.1) is 10.1 Å². The molecule has 158 valence electrons. The van der Waals surface area contributed by atoms with Gasteiger partial charge in [0.25, 0.3) is 11.6 Å². The third-order valence-corrected chi connectivity index (χ3v) is 3.66. The number of aliphatic imine (C=N–C) groups is 1. The Morgan fingerprint density at radius 1 is 1.10 bits per heavy atom. The Bertz CT molecular complexity index is 791. The van der Waals surface area contributed by atoms with Crippen molar-refractivity contribution in [1.82, 2.24) is 5.32 Å². The van der Waals surface area contributed by atoms with Crippen LogP contribution < -0.4 is 22.1 Å². The van der Waals surface area contributed by atoms with Crippen LogP contribution in [0.5, 0.6) is 0 Å². The third-order valence-electron chi connectivity index (χ3n) is 3.66. The maximum Gasteiger partial charge on any atom is 0.305 e. The van der Waals surface area contributed by atoms with Crippen molar-refractivity contribution in [2.75, 3.05) is 18.4 Å². The largest absolute Gasteiger partial charge is 0.481 e. The van der Waals surface area contributed by atoms with Gasteiger partial charge in [-0.05, 0) is 18.9 Å². The van der Waals surface area contributed by atoms with Gasteiger partial charge in [0.15, 0.2) is 5.96 Å². The number of nitrogens with zero attached hydrogens (tertiary/aromatic N) is 2. The van der Waals surface area contributed by atoms with Gasteiger partial charge < -0.3 is 27.2 Å². The number of carboxylic acids is 1. The van der Waals surface area contributed by atoms with E-state index in [4.69, 9.17) is 16.6 Å². The van der Waals surface area contributed by atoms with Gasteiger partial charge in [-0.15, -0.1) is 0 Å². The van der Waals surface area contributed by atoms with E-state index in [0.29, 0.717) is 19.4 Å². The first-order chi connectivity index (χ1) is 13.7. The van der Waals surface area contributed by atoms with Crippen LogP contribution in [0.4, 0.5) is 11.4 Å². The second-order valence-electron chi connectivity index (χ2n) is 6.09. The fourth-order valence-corrected chi connectivity index (χ4v) is 2.31. The average molecular weight is 408 g/mol. The number of aliphatic carboxylic acids is 1. The number of nitrogens with two attached hydrogens (primary N) is 2. The number of unbranched alkanes of at least 4 members (excludes halogenated alkanes) is 2. The number of guanidine groups is 1. The van der Waals surface area contributed by atoms with Crippen molar-refractivity contribution in [3.63, 3.8) is 0 Å². The number of carbonyl (C=O) groups excluding carboxylic acids is 2. The van der Waals surface area contributed by atoms with Gasteiger partial charge in [-0.1, -0.05) is 6.42 Å². The molecule has 0 saturated carbocycles. The fraction of sp³-hybridized carbons (Fsp3) is 0.412. The van der Waals surface area contributed by atoms with Crippen LogP contribution >= 0.6 is 0 Å². The van der Waals surface area contributed by atoms with E-state index in [2.05, 4.69) is 15.6 Å². The zero-order valence-electron chi connectivity index (χ0n) is 15.7. The number of nitrogens with one attached hydrogen (secondary N) is 2. The Hall–Kier alpha value is -3.70. The maximum atomic E-state index is 12.1. The molecule has 12 heteroatoms. The predicted octanol–water partition coefficient (Wildman–Crippen LogP) is 0.572. The van der Waals surface area contributed by atoms with E-state index < -0.39 is 16.8 Å². The van der Waals surface area contributed by atoms with E-state index in [0.717, 1.165) is 18.6 Å². The van der Waals surface area contributed by atoms with Crippen molar-refractivity contribution in [3.05, 3.63) is 33.9 Å². The van der Waals surface area contributed by atoms with Crippen molar-refractivity contribution < 1.29 is 24.4 Å². The highest BCUT2D eigenvalue weighted by atomic mass is 16.6. The summed E-state index contributed by atoms with van der Waals surface area (Å²) in [6.45, 7) is 0.341. The first-order valence-electron chi connectivity index (χ1n) is 8.83. The van der Waals surface area contributed by atoms with Crippen LogP contribution in [0.25, 0.3) is 0 Å². The van der Waals surface area contributed by atoms with Crippen LogP contribution in [0.2, 0.25) is 0 Å². The zero-order valence-corrected chi connectivity index (χ0v) is 15.7. The molecule has 0 saturated heterocycles. The molecule has 1 aromatic carbocycles. The number of amides is 2. The van der Waals surface area contributed by atoms with Crippen LogP contribution in [-0.2, 0) is 9.59 Å². The molecule has 0 unspecified atom stereocenters. The highest BCUT2D eigenvalue weighted by Gasteiger charge is 2.16. The predicted molar refractivity (Wildman–Crippen MR) is 105 cm³/mol. The molecule has 1 aromatic rings. The van der Waals surface area contributed by atoms with Crippen LogP contribution in [-0.4, -0.2) is 46.9 Å². The molecule has 0 aliphatic heterocycles. The van der Waals surface area contributed by atoms with E-state index in [1.807, 2.05) is 0 Å². The Balaban J connectivity index is 2.67. The fourth-order valence-electron chi connectivity index (χ4n) is 2.31. The summed E-state index contributed by atoms with van der Waals surface area (Å²) in [5.74, 6) is -2.11. The standard InChI is InChI=1S/C17H24N6O6/c18-17(19)21-6-3-1-2-4-14(24)22-12-8-11(9-13(10-12)23(28)29)16(27)20-7-5-15(25)26/h8-10H,1-7H2,(H,20,27)(H,22,24)(H,25,26)(H4,18,19,21). The minimum atomic E-state index is -1.09. The molecule has 1 rings (SSSR count). The van der Waals surface area contributed by atoms with Crippen molar-refractivity contribution in [1.29, 1.82) is 0 Å². The monoisotopic (exact) mass is 408 g/mol. The first kappa shape index (κ1) is 23.3. The number of hydrogen-bond acceptors (Lipinski definition) is 6. The minimum Gasteiger partial charge on any atom is -0.481 e. The van der Waals surface area contributed by atoms with Gasteiger partial charge in [0.05, 0.1) is 11.3 Å².